The largest absolute Gasteiger partial charge is 0.342 e. The van der Waals surface area contributed by atoms with E-state index in [1.807, 2.05) is 7.05 Å². The van der Waals surface area contributed by atoms with Crippen molar-refractivity contribution in [3.05, 3.63) is 39.9 Å². The molecule has 0 radical (unpaired) electrons. The number of rotatable bonds is 6. The SMILES string of the molecule is CNCCCN(C)C(=O)c1cccc([N+](=O)[O-])c1. The van der Waals surface area contributed by atoms with E-state index in [0.29, 0.717) is 12.1 Å². The van der Waals surface area contributed by atoms with Crippen LogP contribution in [0.4, 0.5) is 5.69 Å². The van der Waals surface area contributed by atoms with E-state index in [0.717, 1.165) is 13.0 Å². The number of nitro benzene ring substituents is 1. The van der Waals surface area contributed by atoms with Crippen LogP contribution in [-0.4, -0.2) is 42.9 Å². The first kappa shape index (κ1) is 14.1. The number of non-ortho nitro benzene ring substituents is 1. The third-order valence-electron chi connectivity index (χ3n) is 2.57. The zero-order valence-electron chi connectivity index (χ0n) is 10.5. The first-order chi connectivity index (χ1) is 8.56. The van der Waals surface area contributed by atoms with Gasteiger partial charge in [0, 0.05) is 31.3 Å². The van der Waals surface area contributed by atoms with Gasteiger partial charge in [0.2, 0.25) is 0 Å². The number of carbonyl (C=O) groups is 1. The standard InChI is InChI=1S/C12H17N3O3/c1-13-7-4-8-14(2)12(16)10-5-3-6-11(9-10)15(17)18/h3,5-6,9,13H,4,7-8H2,1-2H3. The Bertz CT molecular complexity index is 434. The molecule has 1 N–H and O–H groups in total. The number of amides is 1. The van der Waals surface area contributed by atoms with Crippen LogP contribution in [0.1, 0.15) is 16.8 Å². The second kappa shape index (κ2) is 6.70. The zero-order chi connectivity index (χ0) is 13.5. The van der Waals surface area contributed by atoms with Crippen LogP contribution in [-0.2, 0) is 0 Å². The minimum atomic E-state index is -0.502. The van der Waals surface area contributed by atoms with Gasteiger partial charge >= 0.3 is 0 Å². The minimum Gasteiger partial charge on any atom is -0.342 e. The van der Waals surface area contributed by atoms with E-state index in [1.54, 1.807) is 18.0 Å². The van der Waals surface area contributed by atoms with Crippen molar-refractivity contribution in [2.75, 3.05) is 27.2 Å². The van der Waals surface area contributed by atoms with Gasteiger partial charge in [0.1, 0.15) is 0 Å². The predicted molar refractivity (Wildman–Crippen MR) is 68.6 cm³/mol. The molecule has 0 aromatic heterocycles. The molecule has 0 saturated heterocycles. The lowest BCUT2D eigenvalue weighted by atomic mass is 10.2. The Morgan fingerprint density at radius 2 is 2.22 bits per heavy atom. The number of hydrogen-bond acceptors (Lipinski definition) is 4. The summed E-state index contributed by atoms with van der Waals surface area (Å²) < 4.78 is 0. The Morgan fingerprint density at radius 3 is 2.83 bits per heavy atom. The molecule has 0 heterocycles. The molecule has 0 bridgehead atoms. The topological polar surface area (TPSA) is 75.5 Å². The third kappa shape index (κ3) is 3.81. The number of nitro groups is 1. The van der Waals surface area contributed by atoms with Crippen LogP contribution in [0.15, 0.2) is 24.3 Å². The molecule has 0 atom stereocenters. The average Bonchev–Trinajstić information content (AvgIpc) is 2.38. The number of nitrogens with one attached hydrogen (secondary N) is 1. The Balaban J connectivity index is 2.71. The summed E-state index contributed by atoms with van der Waals surface area (Å²) in [6.45, 7) is 1.44. The Kier molecular flexibility index (Phi) is 5.26. The molecule has 6 heteroatoms. The normalized spacial score (nSPS) is 10.1. The van der Waals surface area contributed by atoms with E-state index in [9.17, 15) is 14.9 Å². The van der Waals surface area contributed by atoms with Gasteiger partial charge in [-0.05, 0) is 26.1 Å². The monoisotopic (exact) mass is 251 g/mol. The van der Waals surface area contributed by atoms with Gasteiger partial charge in [-0.2, -0.15) is 0 Å². The van der Waals surface area contributed by atoms with Gasteiger partial charge in [0.15, 0.2) is 0 Å². The minimum absolute atomic E-state index is 0.0653. The van der Waals surface area contributed by atoms with E-state index >= 15 is 0 Å². The van der Waals surface area contributed by atoms with Gasteiger partial charge in [0.25, 0.3) is 11.6 Å². The van der Waals surface area contributed by atoms with Crippen molar-refractivity contribution in [1.29, 1.82) is 0 Å². The van der Waals surface area contributed by atoms with Gasteiger partial charge in [-0.25, -0.2) is 0 Å². The molecule has 0 aliphatic heterocycles. The first-order valence-corrected chi connectivity index (χ1v) is 5.70. The van der Waals surface area contributed by atoms with Crippen LogP contribution in [0.25, 0.3) is 0 Å². The third-order valence-corrected chi connectivity index (χ3v) is 2.57. The lowest BCUT2D eigenvalue weighted by Gasteiger charge is -2.16. The summed E-state index contributed by atoms with van der Waals surface area (Å²) in [5.74, 6) is -0.199. The molecule has 1 rings (SSSR count). The summed E-state index contributed by atoms with van der Waals surface area (Å²) in [5, 5.41) is 13.6. The van der Waals surface area contributed by atoms with Crippen molar-refractivity contribution in [1.82, 2.24) is 10.2 Å². The molecule has 0 aliphatic carbocycles. The molecule has 98 valence electrons. The molecule has 0 fully saturated rings. The number of hydrogen-bond donors (Lipinski definition) is 1. The summed E-state index contributed by atoms with van der Waals surface area (Å²) in [6.07, 6.45) is 0.841. The van der Waals surface area contributed by atoms with Crippen LogP contribution < -0.4 is 5.32 Å². The quantitative estimate of drug-likeness (QED) is 0.469. The number of benzene rings is 1. The Hall–Kier alpha value is -1.95. The fraction of sp³-hybridized carbons (Fsp3) is 0.417. The molecule has 1 amide bonds. The van der Waals surface area contributed by atoms with Crippen molar-refractivity contribution < 1.29 is 9.72 Å². The molecule has 0 spiro atoms. The van der Waals surface area contributed by atoms with Gasteiger partial charge in [-0.15, -0.1) is 0 Å². The second-order valence-corrected chi connectivity index (χ2v) is 3.99. The zero-order valence-corrected chi connectivity index (χ0v) is 10.5. The Morgan fingerprint density at radius 1 is 1.50 bits per heavy atom. The fourth-order valence-electron chi connectivity index (χ4n) is 1.57. The van der Waals surface area contributed by atoms with E-state index in [2.05, 4.69) is 5.32 Å². The van der Waals surface area contributed by atoms with Crippen molar-refractivity contribution in [3.8, 4) is 0 Å². The smallest absolute Gasteiger partial charge is 0.270 e. The molecule has 6 nitrogen and oxygen atoms in total. The fourth-order valence-corrected chi connectivity index (χ4v) is 1.57. The van der Waals surface area contributed by atoms with Crippen LogP contribution in [0.3, 0.4) is 0 Å². The van der Waals surface area contributed by atoms with E-state index < -0.39 is 4.92 Å². The van der Waals surface area contributed by atoms with Gasteiger partial charge in [0.05, 0.1) is 4.92 Å². The molecule has 0 saturated carbocycles. The van der Waals surface area contributed by atoms with Gasteiger partial charge in [-0.3, -0.25) is 14.9 Å². The van der Waals surface area contributed by atoms with E-state index in [-0.39, 0.29) is 11.6 Å². The van der Waals surface area contributed by atoms with Crippen LogP contribution in [0.2, 0.25) is 0 Å². The first-order valence-electron chi connectivity index (χ1n) is 5.70. The predicted octanol–water partition coefficient (Wildman–Crippen LogP) is 1.28. The highest BCUT2D eigenvalue weighted by molar-refractivity contribution is 5.94. The summed E-state index contributed by atoms with van der Waals surface area (Å²) in [5.41, 5.74) is 0.278. The highest BCUT2D eigenvalue weighted by Crippen LogP contribution is 2.14. The summed E-state index contributed by atoms with van der Waals surface area (Å²) >= 11 is 0. The van der Waals surface area contributed by atoms with Crippen molar-refractivity contribution in [2.24, 2.45) is 0 Å². The molecular formula is C12H17N3O3. The lowest BCUT2D eigenvalue weighted by Crippen LogP contribution is -2.29. The summed E-state index contributed by atoms with van der Waals surface area (Å²) in [7, 11) is 3.54. The van der Waals surface area contributed by atoms with Gasteiger partial charge < -0.3 is 10.2 Å². The van der Waals surface area contributed by atoms with Crippen molar-refractivity contribution in [3.63, 3.8) is 0 Å². The summed E-state index contributed by atoms with van der Waals surface area (Å²) in [6, 6.07) is 5.78. The van der Waals surface area contributed by atoms with Gasteiger partial charge in [-0.1, -0.05) is 6.07 Å². The van der Waals surface area contributed by atoms with Crippen molar-refractivity contribution >= 4 is 11.6 Å². The highest BCUT2D eigenvalue weighted by Gasteiger charge is 2.14. The molecule has 0 unspecified atom stereocenters. The van der Waals surface area contributed by atoms with Crippen LogP contribution in [0, 0.1) is 10.1 Å². The number of nitrogens with zero attached hydrogens (tertiary/aromatic N) is 2. The maximum atomic E-state index is 12.0. The maximum Gasteiger partial charge on any atom is 0.270 e. The highest BCUT2D eigenvalue weighted by atomic mass is 16.6. The van der Waals surface area contributed by atoms with Crippen LogP contribution >= 0.6 is 0 Å². The van der Waals surface area contributed by atoms with E-state index in [1.165, 1.54) is 18.2 Å². The van der Waals surface area contributed by atoms with Crippen molar-refractivity contribution in [2.45, 2.75) is 6.42 Å². The summed E-state index contributed by atoms with van der Waals surface area (Å²) in [4.78, 5) is 23.7. The maximum absolute atomic E-state index is 12.0. The molecule has 18 heavy (non-hydrogen) atoms. The average molecular weight is 251 g/mol. The number of carbonyl (C=O) groups excluding carboxylic acids is 1. The Labute approximate surface area is 106 Å². The van der Waals surface area contributed by atoms with E-state index in [4.69, 9.17) is 0 Å². The lowest BCUT2D eigenvalue weighted by molar-refractivity contribution is -0.384. The van der Waals surface area contributed by atoms with Crippen LogP contribution in [0.5, 0.6) is 0 Å². The molecule has 1 aromatic rings. The molecule has 0 aliphatic rings. The molecular weight excluding hydrogens is 234 g/mol. The second-order valence-electron chi connectivity index (χ2n) is 3.99. The molecule has 1 aromatic carbocycles.